The van der Waals surface area contributed by atoms with Crippen LogP contribution in [0, 0.1) is 5.92 Å². The minimum absolute atomic E-state index is 0. The lowest BCUT2D eigenvalue weighted by molar-refractivity contribution is 0.0199. The summed E-state index contributed by atoms with van der Waals surface area (Å²) < 4.78 is 11.3. The predicted molar refractivity (Wildman–Crippen MR) is 130 cm³/mol. The second kappa shape index (κ2) is 11.2. The third-order valence-corrected chi connectivity index (χ3v) is 6.99. The summed E-state index contributed by atoms with van der Waals surface area (Å²) in [5.74, 6) is 1.74. The van der Waals surface area contributed by atoms with E-state index < -0.39 is 0 Å². The summed E-state index contributed by atoms with van der Waals surface area (Å²) in [5, 5.41) is 0. The number of halogens is 1. The molecule has 0 aromatic heterocycles. The van der Waals surface area contributed by atoms with Gasteiger partial charge in [-0.25, -0.2) is 0 Å². The monoisotopic (exact) mass is 444 g/mol. The van der Waals surface area contributed by atoms with Gasteiger partial charge in [-0.1, -0.05) is 37.3 Å². The number of piperazine rings is 1. The Morgan fingerprint density at radius 3 is 2.32 bits per heavy atom. The Kier molecular flexibility index (Phi) is 8.65. The van der Waals surface area contributed by atoms with Crippen LogP contribution < -0.4 is 9.64 Å². The molecule has 0 N–H and O–H groups in total. The highest BCUT2D eigenvalue weighted by Crippen LogP contribution is 2.45. The summed E-state index contributed by atoms with van der Waals surface area (Å²) in [7, 11) is 0. The van der Waals surface area contributed by atoms with Crippen molar-refractivity contribution in [3.8, 4) is 5.75 Å². The zero-order chi connectivity index (χ0) is 20.8. The van der Waals surface area contributed by atoms with Crippen LogP contribution in [0.15, 0.2) is 54.6 Å². The van der Waals surface area contributed by atoms with Crippen molar-refractivity contribution in [3.63, 3.8) is 0 Å². The quantitative estimate of drug-likeness (QED) is 0.403. The molecule has 5 heteroatoms. The first-order valence-corrected chi connectivity index (χ1v) is 11.6. The SMILES string of the molecule is CCOCOc1cccc(C2(N3CCN(c4ccccc4)CC3)CCC(C)CC2)c1.Cl. The first kappa shape index (κ1) is 23.9. The molecule has 0 unspecified atom stereocenters. The molecule has 31 heavy (non-hydrogen) atoms. The van der Waals surface area contributed by atoms with Gasteiger partial charge in [0, 0.05) is 44.0 Å². The highest BCUT2D eigenvalue weighted by molar-refractivity contribution is 5.85. The number of para-hydroxylation sites is 1. The van der Waals surface area contributed by atoms with Gasteiger partial charge in [-0.05, 0) is 68.4 Å². The summed E-state index contributed by atoms with van der Waals surface area (Å²) in [6.07, 6.45) is 5.05. The molecular formula is C26H37ClN2O2. The molecule has 0 amide bonds. The highest BCUT2D eigenvalue weighted by Gasteiger charge is 2.42. The molecule has 1 aliphatic heterocycles. The standard InChI is InChI=1S/C26H36N2O2.ClH/c1-3-29-21-30-25-11-7-8-23(20-25)26(14-12-22(2)13-15-26)28-18-16-27(17-19-28)24-9-5-4-6-10-24;/h4-11,20,22H,3,12-19,21H2,1-2H3;1H. The summed E-state index contributed by atoms with van der Waals surface area (Å²) in [6.45, 7) is 9.77. The van der Waals surface area contributed by atoms with Crippen molar-refractivity contribution in [2.24, 2.45) is 5.92 Å². The number of ether oxygens (including phenoxy) is 2. The maximum atomic E-state index is 5.86. The maximum absolute atomic E-state index is 5.86. The molecule has 0 spiro atoms. The number of benzene rings is 2. The fourth-order valence-electron chi connectivity index (χ4n) is 5.13. The molecule has 2 fully saturated rings. The van der Waals surface area contributed by atoms with Crippen LogP contribution >= 0.6 is 12.4 Å². The largest absolute Gasteiger partial charge is 0.468 e. The second-order valence-electron chi connectivity index (χ2n) is 8.81. The molecule has 0 bridgehead atoms. The van der Waals surface area contributed by atoms with E-state index >= 15 is 0 Å². The van der Waals surface area contributed by atoms with E-state index in [2.05, 4.69) is 71.3 Å². The van der Waals surface area contributed by atoms with Gasteiger partial charge in [0.1, 0.15) is 5.75 Å². The van der Waals surface area contributed by atoms with E-state index in [4.69, 9.17) is 9.47 Å². The van der Waals surface area contributed by atoms with E-state index in [-0.39, 0.29) is 17.9 Å². The topological polar surface area (TPSA) is 24.9 Å². The Balaban J connectivity index is 0.00000272. The molecule has 1 heterocycles. The van der Waals surface area contributed by atoms with Gasteiger partial charge in [0.2, 0.25) is 0 Å². The number of hydrogen-bond donors (Lipinski definition) is 0. The van der Waals surface area contributed by atoms with E-state index in [9.17, 15) is 0 Å². The Hall–Kier alpha value is -1.75. The third kappa shape index (κ3) is 5.54. The van der Waals surface area contributed by atoms with Gasteiger partial charge in [0.05, 0.1) is 0 Å². The normalized spacial score (nSPS) is 24.5. The Morgan fingerprint density at radius 1 is 0.935 bits per heavy atom. The van der Waals surface area contributed by atoms with E-state index in [0.717, 1.165) is 37.8 Å². The van der Waals surface area contributed by atoms with Gasteiger partial charge in [-0.3, -0.25) is 4.90 Å². The zero-order valence-electron chi connectivity index (χ0n) is 19.0. The lowest BCUT2D eigenvalue weighted by atomic mass is 9.71. The van der Waals surface area contributed by atoms with Crippen LogP contribution in [-0.4, -0.2) is 44.5 Å². The van der Waals surface area contributed by atoms with Crippen molar-refractivity contribution in [1.29, 1.82) is 0 Å². The summed E-state index contributed by atoms with van der Waals surface area (Å²) in [6, 6.07) is 19.6. The van der Waals surface area contributed by atoms with Crippen LogP contribution in [0.5, 0.6) is 5.75 Å². The minimum atomic E-state index is 0. The van der Waals surface area contributed by atoms with Gasteiger partial charge >= 0.3 is 0 Å². The van der Waals surface area contributed by atoms with Crippen LogP contribution in [0.2, 0.25) is 0 Å². The second-order valence-corrected chi connectivity index (χ2v) is 8.81. The van der Waals surface area contributed by atoms with Crippen LogP contribution in [-0.2, 0) is 10.3 Å². The number of nitrogens with zero attached hydrogens (tertiary/aromatic N) is 2. The van der Waals surface area contributed by atoms with Crippen LogP contribution in [0.4, 0.5) is 5.69 Å². The van der Waals surface area contributed by atoms with Crippen molar-refractivity contribution in [2.75, 3.05) is 44.5 Å². The van der Waals surface area contributed by atoms with Crippen molar-refractivity contribution in [2.45, 2.75) is 45.1 Å². The van der Waals surface area contributed by atoms with E-state index in [0.29, 0.717) is 13.4 Å². The Bertz CT molecular complexity index is 785. The van der Waals surface area contributed by atoms with Gasteiger partial charge in [-0.15, -0.1) is 12.4 Å². The Morgan fingerprint density at radius 2 is 1.65 bits per heavy atom. The zero-order valence-corrected chi connectivity index (χ0v) is 19.8. The van der Waals surface area contributed by atoms with E-state index in [1.165, 1.54) is 36.9 Å². The van der Waals surface area contributed by atoms with Crippen LogP contribution in [0.25, 0.3) is 0 Å². The average molecular weight is 445 g/mol. The Labute approximate surface area is 193 Å². The molecule has 2 aliphatic rings. The van der Waals surface area contributed by atoms with Crippen LogP contribution in [0.1, 0.15) is 45.1 Å². The van der Waals surface area contributed by atoms with Crippen molar-refractivity contribution < 1.29 is 9.47 Å². The average Bonchev–Trinajstić information content (AvgIpc) is 2.81. The van der Waals surface area contributed by atoms with Gasteiger partial charge in [0.15, 0.2) is 6.79 Å². The fourth-order valence-corrected chi connectivity index (χ4v) is 5.13. The molecule has 2 aromatic rings. The summed E-state index contributed by atoms with van der Waals surface area (Å²) >= 11 is 0. The molecule has 4 rings (SSSR count). The number of hydrogen-bond acceptors (Lipinski definition) is 4. The molecule has 1 aliphatic carbocycles. The molecule has 0 atom stereocenters. The highest BCUT2D eigenvalue weighted by atomic mass is 35.5. The smallest absolute Gasteiger partial charge is 0.189 e. The summed E-state index contributed by atoms with van der Waals surface area (Å²) in [5.41, 5.74) is 2.88. The lowest BCUT2D eigenvalue weighted by Gasteiger charge is -2.51. The molecule has 170 valence electrons. The molecule has 1 saturated carbocycles. The molecule has 4 nitrogen and oxygen atoms in total. The van der Waals surface area contributed by atoms with Crippen molar-refractivity contribution in [1.82, 2.24) is 4.90 Å². The summed E-state index contributed by atoms with van der Waals surface area (Å²) in [4.78, 5) is 5.29. The first-order chi connectivity index (χ1) is 14.7. The number of rotatable bonds is 7. The fraction of sp³-hybridized carbons (Fsp3) is 0.538. The van der Waals surface area contributed by atoms with Gasteiger partial charge in [0.25, 0.3) is 0 Å². The molecule has 0 radical (unpaired) electrons. The predicted octanol–water partition coefficient (Wildman–Crippen LogP) is 5.71. The third-order valence-electron chi connectivity index (χ3n) is 6.99. The molecule has 1 saturated heterocycles. The van der Waals surface area contributed by atoms with Crippen molar-refractivity contribution >= 4 is 18.1 Å². The van der Waals surface area contributed by atoms with Gasteiger partial charge in [-0.2, -0.15) is 0 Å². The first-order valence-electron chi connectivity index (χ1n) is 11.6. The van der Waals surface area contributed by atoms with E-state index in [1.54, 1.807) is 0 Å². The van der Waals surface area contributed by atoms with Crippen LogP contribution in [0.3, 0.4) is 0 Å². The van der Waals surface area contributed by atoms with Gasteiger partial charge < -0.3 is 14.4 Å². The van der Waals surface area contributed by atoms with Crippen molar-refractivity contribution in [3.05, 3.63) is 60.2 Å². The van der Waals surface area contributed by atoms with E-state index in [1.807, 2.05) is 6.92 Å². The minimum Gasteiger partial charge on any atom is -0.468 e. The maximum Gasteiger partial charge on any atom is 0.189 e. The lowest BCUT2D eigenvalue weighted by Crippen LogP contribution is -2.56. The number of anilines is 1. The molecular weight excluding hydrogens is 408 g/mol. The molecule has 2 aromatic carbocycles.